The molecular formula is C19H24N4O2. The number of ether oxygens (including phenoxy) is 1. The summed E-state index contributed by atoms with van der Waals surface area (Å²) >= 11 is 0. The van der Waals surface area contributed by atoms with Crippen LogP contribution in [-0.4, -0.2) is 36.1 Å². The second-order valence-electron chi connectivity index (χ2n) is 6.29. The normalized spacial score (nSPS) is 14.7. The van der Waals surface area contributed by atoms with Gasteiger partial charge in [-0.25, -0.2) is 9.78 Å². The first-order valence-corrected chi connectivity index (χ1v) is 8.72. The summed E-state index contributed by atoms with van der Waals surface area (Å²) in [5.74, 6) is 1.21. The maximum Gasteiger partial charge on any atom is 0.337 e. The minimum Gasteiger partial charge on any atom is -0.465 e. The summed E-state index contributed by atoms with van der Waals surface area (Å²) in [7, 11) is 1.38. The van der Waals surface area contributed by atoms with Gasteiger partial charge in [-0.15, -0.1) is 0 Å². The van der Waals surface area contributed by atoms with Gasteiger partial charge in [0.15, 0.2) is 0 Å². The van der Waals surface area contributed by atoms with Crippen LogP contribution in [0.5, 0.6) is 0 Å². The molecule has 0 unspecified atom stereocenters. The van der Waals surface area contributed by atoms with Gasteiger partial charge in [0, 0.05) is 30.5 Å². The Morgan fingerprint density at radius 1 is 1.08 bits per heavy atom. The summed E-state index contributed by atoms with van der Waals surface area (Å²) in [6.07, 6.45) is 4.93. The SMILES string of the molecule is COC(=O)c1ccc(Nc2cc(C)nc(N3CCCCCC3)n2)cc1. The molecule has 0 saturated carbocycles. The second-order valence-corrected chi connectivity index (χ2v) is 6.29. The molecule has 1 aliphatic rings. The van der Waals surface area contributed by atoms with Crippen LogP contribution >= 0.6 is 0 Å². The van der Waals surface area contributed by atoms with Crippen molar-refractivity contribution in [2.45, 2.75) is 32.6 Å². The second kappa shape index (κ2) is 7.96. The fraction of sp³-hybridized carbons (Fsp3) is 0.421. The molecule has 3 rings (SSSR count). The molecule has 1 aromatic carbocycles. The fourth-order valence-electron chi connectivity index (χ4n) is 2.98. The van der Waals surface area contributed by atoms with Crippen LogP contribution < -0.4 is 10.2 Å². The van der Waals surface area contributed by atoms with Crippen molar-refractivity contribution in [3.63, 3.8) is 0 Å². The zero-order valence-electron chi connectivity index (χ0n) is 14.8. The Bertz CT molecular complexity index is 723. The van der Waals surface area contributed by atoms with Crippen molar-refractivity contribution >= 4 is 23.4 Å². The molecule has 6 nitrogen and oxygen atoms in total. The molecule has 132 valence electrons. The molecule has 0 amide bonds. The third-order valence-corrected chi connectivity index (χ3v) is 4.31. The summed E-state index contributed by atoms with van der Waals surface area (Å²) in [6.45, 7) is 4.00. The fourth-order valence-corrected chi connectivity index (χ4v) is 2.98. The van der Waals surface area contributed by atoms with E-state index in [-0.39, 0.29) is 5.97 Å². The highest BCUT2D eigenvalue weighted by Gasteiger charge is 2.14. The Hall–Kier alpha value is -2.63. The standard InChI is InChI=1S/C19H24N4O2/c1-14-13-17(21-16-9-7-15(8-10-16)18(24)25-2)22-19(20-14)23-11-5-3-4-6-12-23/h7-10,13H,3-6,11-12H2,1-2H3,(H,20,21,22). The van der Waals surface area contributed by atoms with Crippen molar-refractivity contribution < 1.29 is 9.53 Å². The van der Waals surface area contributed by atoms with Crippen LogP contribution in [0.2, 0.25) is 0 Å². The summed E-state index contributed by atoms with van der Waals surface area (Å²) in [6, 6.07) is 9.08. The molecule has 1 aliphatic heterocycles. The van der Waals surface area contributed by atoms with Gasteiger partial charge in [0.1, 0.15) is 5.82 Å². The van der Waals surface area contributed by atoms with Crippen LogP contribution in [0.25, 0.3) is 0 Å². The Morgan fingerprint density at radius 3 is 2.40 bits per heavy atom. The lowest BCUT2D eigenvalue weighted by Gasteiger charge is -2.21. The summed E-state index contributed by atoms with van der Waals surface area (Å²) in [4.78, 5) is 23.1. The molecule has 0 aliphatic carbocycles. The molecule has 0 atom stereocenters. The van der Waals surface area contributed by atoms with Crippen molar-refractivity contribution in [2.75, 3.05) is 30.4 Å². The molecule has 1 N–H and O–H groups in total. The van der Waals surface area contributed by atoms with E-state index in [0.717, 1.165) is 36.2 Å². The van der Waals surface area contributed by atoms with E-state index in [4.69, 9.17) is 4.74 Å². The number of carbonyl (C=O) groups is 1. The molecule has 1 saturated heterocycles. The van der Waals surface area contributed by atoms with Crippen LogP contribution in [0.4, 0.5) is 17.5 Å². The number of aryl methyl sites for hydroxylation is 1. The van der Waals surface area contributed by atoms with E-state index in [1.165, 1.54) is 32.8 Å². The van der Waals surface area contributed by atoms with Crippen LogP contribution in [0, 0.1) is 6.92 Å². The number of rotatable bonds is 4. The molecule has 0 spiro atoms. The van der Waals surface area contributed by atoms with Crippen molar-refractivity contribution in [1.29, 1.82) is 0 Å². The van der Waals surface area contributed by atoms with Gasteiger partial charge in [-0.3, -0.25) is 0 Å². The summed E-state index contributed by atoms with van der Waals surface area (Å²) in [5.41, 5.74) is 2.33. The highest BCUT2D eigenvalue weighted by atomic mass is 16.5. The lowest BCUT2D eigenvalue weighted by molar-refractivity contribution is 0.0601. The number of anilines is 3. The van der Waals surface area contributed by atoms with Crippen LogP contribution in [0.15, 0.2) is 30.3 Å². The molecule has 1 fully saturated rings. The van der Waals surface area contributed by atoms with E-state index in [1.807, 2.05) is 25.1 Å². The molecule has 1 aromatic heterocycles. The number of carbonyl (C=O) groups excluding carboxylic acids is 1. The van der Waals surface area contributed by atoms with E-state index in [1.54, 1.807) is 12.1 Å². The predicted octanol–water partition coefficient (Wildman–Crippen LogP) is 3.70. The number of hydrogen-bond donors (Lipinski definition) is 1. The highest BCUT2D eigenvalue weighted by Crippen LogP contribution is 2.21. The lowest BCUT2D eigenvalue weighted by atomic mass is 10.2. The van der Waals surface area contributed by atoms with E-state index in [9.17, 15) is 4.79 Å². The molecule has 0 bridgehead atoms. The highest BCUT2D eigenvalue weighted by molar-refractivity contribution is 5.89. The third kappa shape index (κ3) is 4.47. The molecule has 2 heterocycles. The van der Waals surface area contributed by atoms with E-state index < -0.39 is 0 Å². The minimum atomic E-state index is -0.340. The maximum atomic E-state index is 11.5. The Morgan fingerprint density at radius 2 is 1.76 bits per heavy atom. The predicted molar refractivity (Wildman–Crippen MR) is 98.5 cm³/mol. The first-order chi connectivity index (χ1) is 12.2. The van der Waals surface area contributed by atoms with Gasteiger partial charge in [0.05, 0.1) is 12.7 Å². The third-order valence-electron chi connectivity index (χ3n) is 4.31. The van der Waals surface area contributed by atoms with E-state index in [0.29, 0.717) is 5.56 Å². The topological polar surface area (TPSA) is 67.3 Å². The molecule has 6 heteroatoms. The smallest absolute Gasteiger partial charge is 0.337 e. The number of benzene rings is 1. The number of nitrogens with zero attached hydrogens (tertiary/aromatic N) is 3. The molecular weight excluding hydrogens is 316 g/mol. The van der Waals surface area contributed by atoms with Gasteiger partial charge in [0.25, 0.3) is 0 Å². The summed E-state index contributed by atoms with van der Waals surface area (Å²) in [5, 5.41) is 3.29. The van der Waals surface area contributed by atoms with Crippen LogP contribution in [0.1, 0.15) is 41.7 Å². The lowest BCUT2D eigenvalue weighted by Crippen LogP contribution is -2.26. The molecule has 0 radical (unpaired) electrons. The monoisotopic (exact) mass is 340 g/mol. The van der Waals surface area contributed by atoms with Crippen molar-refractivity contribution in [3.05, 3.63) is 41.6 Å². The van der Waals surface area contributed by atoms with E-state index in [2.05, 4.69) is 20.2 Å². The Balaban J connectivity index is 1.77. The molecule has 2 aromatic rings. The van der Waals surface area contributed by atoms with Gasteiger partial charge in [-0.1, -0.05) is 12.8 Å². The maximum absolute atomic E-state index is 11.5. The molecule has 25 heavy (non-hydrogen) atoms. The first-order valence-electron chi connectivity index (χ1n) is 8.72. The van der Waals surface area contributed by atoms with Crippen molar-refractivity contribution in [3.8, 4) is 0 Å². The van der Waals surface area contributed by atoms with Gasteiger partial charge in [-0.05, 0) is 44.0 Å². The van der Waals surface area contributed by atoms with E-state index >= 15 is 0 Å². The minimum absolute atomic E-state index is 0.340. The van der Waals surface area contributed by atoms with Gasteiger partial charge >= 0.3 is 5.97 Å². The van der Waals surface area contributed by atoms with Crippen molar-refractivity contribution in [1.82, 2.24) is 9.97 Å². The average Bonchev–Trinajstić information content (AvgIpc) is 2.90. The Labute approximate surface area is 148 Å². The first kappa shape index (κ1) is 17.2. The van der Waals surface area contributed by atoms with Gasteiger partial charge < -0.3 is 15.0 Å². The Kier molecular flexibility index (Phi) is 5.48. The average molecular weight is 340 g/mol. The van der Waals surface area contributed by atoms with Crippen molar-refractivity contribution in [2.24, 2.45) is 0 Å². The number of hydrogen-bond acceptors (Lipinski definition) is 6. The zero-order valence-corrected chi connectivity index (χ0v) is 14.8. The number of methoxy groups -OCH3 is 1. The number of nitrogens with one attached hydrogen (secondary N) is 1. The zero-order chi connectivity index (χ0) is 17.6. The number of aromatic nitrogens is 2. The van der Waals surface area contributed by atoms with Gasteiger partial charge in [0.2, 0.25) is 5.95 Å². The quantitative estimate of drug-likeness (QED) is 0.856. The summed E-state index contributed by atoms with van der Waals surface area (Å²) < 4.78 is 4.72. The van der Waals surface area contributed by atoms with Gasteiger partial charge in [-0.2, -0.15) is 4.98 Å². The van der Waals surface area contributed by atoms with Crippen LogP contribution in [-0.2, 0) is 4.74 Å². The largest absolute Gasteiger partial charge is 0.465 e. The number of esters is 1. The van der Waals surface area contributed by atoms with Crippen LogP contribution in [0.3, 0.4) is 0 Å².